The monoisotopic (exact) mass is 414 g/mol. The average molecular weight is 415 g/mol. The summed E-state index contributed by atoms with van der Waals surface area (Å²) in [5.41, 5.74) is 3.42. The molecular weight excluding hydrogens is 384 g/mol. The van der Waals surface area contributed by atoms with E-state index < -0.39 is 8.07 Å². The Morgan fingerprint density at radius 3 is 2.33 bits per heavy atom. The summed E-state index contributed by atoms with van der Waals surface area (Å²) in [5.74, 6) is 1.08. The third kappa shape index (κ3) is 7.72. The van der Waals surface area contributed by atoms with Crippen molar-refractivity contribution in [2.45, 2.75) is 55.7 Å². The molecule has 1 nitrogen and oxygen atoms in total. The van der Waals surface area contributed by atoms with Crippen molar-refractivity contribution in [2.75, 3.05) is 5.75 Å². The first-order valence-corrected chi connectivity index (χ1v) is 14.9. The zero-order valence-corrected chi connectivity index (χ0v) is 19.7. The number of hydrogen-bond donors (Lipinski definition) is 0. The molecule has 0 radical (unpaired) electrons. The van der Waals surface area contributed by atoms with E-state index in [1.54, 1.807) is 0 Å². The van der Waals surface area contributed by atoms with Crippen LogP contribution in [0.5, 0.6) is 0 Å². The largest absolute Gasteiger partial charge is 0.281 e. The van der Waals surface area contributed by atoms with E-state index in [4.69, 9.17) is 0 Å². The molecule has 0 unspecified atom stereocenters. The van der Waals surface area contributed by atoms with Crippen molar-refractivity contribution in [1.82, 2.24) is 0 Å². The molecule has 144 valence electrons. The quantitative estimate of drug-likeness (QED) is 0.252. The molecule has 0 heterocycles. The smallest absolute Gasteiger partial charge is 0.225 e. The van der Waals surface area contributed by atoms with E-state index >= 15 is 0 Å². The van der Waals surface area contributed by atoms with Crippen LogP contribution in [0.2, 0.25) is 25.7 Å². The molecular formula is C23H30OS2Si. The Kier molecular flexibility index (Phi) is 8.46. The Morgan fingerprint density at radius 1 is 1.00 bits per heavy atom. The SMILES string of the molecule is CC(C)=CCc1cccc(C(=O)Sc2ccccc2)c1SCC[Si](C)(C)C. The normalized spacial score (nSPS) is 11.3. The van der Waals surface area contributed by atoms with Gasteiger partial charge < -0.3 is 0 Å². The highest BCUT2D eigenvalue weighted by atomic mass is 32.2. The average Bonchev–Trinajstić information content (AvgIpc) is 2.60. The fraction of sp³-hybridized carbons (Fsp3) is 0.348. The second-order valence-corrected chi connectivity index (χ2v) is 15.9. The van der Waals surface area contributed by atoms with Gasteiger partial charge in [0.2, 0.25) is 5.12 Å². The summed E-state index contributed by atoms with van der Waals surface area (Å²) in [4.78, 5) is 15.2. The van der Waals surface area contributed by atoms with Crippen LogP contribution in [0.25, 0.3) is 0 Å². The van der Waals surface area contributed by atoms with Crippen LogP contribution in [-0.2, 0) is 6.42 Å². The second-order valence-electron chi connectivity index (χ2n) is 8.14. The number of hydrogen-bond acceptors (Lipinski definition) is 3. The van der Waals surface area contributed by atoms with E-state index in [1.165, 1.54) is 33.8 Å². The lowest BCUT2D eigenvalue weighted by Crippen LogP contribution is -2.20. The Bertz CT molecular complexity index is 788. The van der Waals surface area contributed by atoms with Crippen molar-refractivity contribution >= 4 is 36.7 Å². The van der Waals surface area contributed by atoms with E-state index in [0.717, 1.165) is 22.6 Å². The van der Waals surface area contributed by atoms with E-state index in [2.05, 4.69) is 45.6 Å². The molecule has 0 saturated carbocycles. The van der Waals surface area contributed by atoms with Crippen LogP contribution in [0, 0.1) is 0 Å². The van der Waals surface area contributed by atoms with Gasteiger partial charge in [-0.05, 0) is 67.6 Å². The highest BCUT2D eigenvalue weighted by Gasteiger charge is 2.18. The predicted molar refractivity (Wildman–Crippen MR) is 125 cm³/mol. The summed E-state index contributed by atoms with van der Waals surface area (Å²) in [5, 5.41) is 0.135. The third-order valence-corrected chi connectivity index (χ3v) is 8.30. The van der Waals surface area contributed by atoms with Gasteiger partial charge in [0.05, 0.1) is 0 Å². The summed E-state index contributed by atoms with van der Waals surface area (Å²) in [6, 6.07) is 17.4. The van der Waals surface area contributed by atoms with E-state index in [1.807, 2.05) is 54.2 Å². The fourth-order valence-corrected chi connectivity index (χ4v) is 7.07. The molecule has 2 aromatic carbocycles. The molecule has 0 saturated heterocycles. The topological polar surface area (TPSA) is 17.1 Å². The lowest BCUT2D eigenvalue weighted by molar-refractivity contribution is 0.108. The van der Waals surface area contributed by atoms with Crippen LogP contribution >= 0.6 is 23.5 Å². The summed E-state index contributed by atoms with van der Waals surface area (Å²) < 4.78 is 0. The van der Waals surface area contributed by atoms with Gasteiger partial charge in [0, 0.05) is 23.4 Å². The maximum atomic E-state index is 13.0. The molecule has 0 aliphatic carbocycles. The molecule has 0 aliphatic rings. The van der Waals surface area contributed by atoms with Crippen molar-refractivity contribution in [1.29, 1.82) is 0 Å². The molecule has 0 atom stereocenters. The lowest BCUT2D eigenvalue weighted by atomic mass is 10.1. The summed E-state index contributed by atoms with van der Waals surface area (Å²) >= 11 is 3.19. The number of allylic oxidation sites excluding steroid dienone is 2. The zero-order valence-electron chi connectivity index (χ0n) is 17.0. The van der Waals surface area contributed by atoms with Crippen molar-refractivity contribution in [3.8, 4) is 0 Å². The van der Waals surface area contributed by atoms with Crippen molar-refractivity contribution in [3.05, 3.63) is 71.3 Å². The van der Waals surface area contributed by atoms with Crippen molar-refractivity contribution in [3.63, 3.8) is 0 Å². The molecule has 0 bridgehead atoms. The summed E-state index contributed by atoms with van der Waals surface area (Å²) in [7, 11) is -1.09. The van der Waals surface area contributed by atoms with E-state index in [-0.39, 0.29) is 5.12 Å². The molecule has 0 fully saturated rings. The molecule has 0 aliphatic heterocycles. The Balaban J connectivity index is 2.29. The van der Waals surface area contributed by atoms with Crippen molar-refractivity contribution in [2.24, 2.45) is 0 Å². The van der Waals surface area contributed by atoms with Gasteiger partial charge in [0.25, 0.3) is 0 Å². The van der Waals surface area contributed by atoms with Gasteiger partial charge in [-0.2, -0.15) is 0 Å². The number of benzene rings is 2. The molecule has 0 N–H and O–H groups in total. The van der Waals surface area contributed by atoms with Crippen LogP contribution < -0.4 is 0 Å². The van der Waals surface area contributed by atoms with Gasteiger partial charge in [0.1, 0.15) is 0 Å². The second kappa shape index (κ2) is 10.3. The molecule has 2 rings (SSSR count). The lowest BCUT2D eigenvalue weighted by Gasteiger charge is -2.17. The highest BCUT2D eigenvalue weighted by Crippen LogP contribution is 2.34. The van der Waals surface area contributed by atoms with Gasteiger partial charge in [-0.3, -0.25) is 4.79 Å². The fourth-order valence-electron chi connectivity index (χ4n) is 2.50. The number of thioether (sulfide) groups is 2. The maximum Gasteiger partial charge on any atom is 0.225 e. The van der Waals surface area contributed by atoms with Crippen molar-refractivity contribution < 1.29 is 4.79 Å². The minimum absolute atomic E-state index is 0.135. The molecule has 4 heteroatoms. The number of carbonyl (C=O) groups is 1. The van der Waals surface area contributed by atoms with Gasteiger partial charge in [0.15, 0.2) is 0 Å². The maximum absolute atomic E-state index is 13.0. The third-order valence-electron chi connectivity index (χ3n) is 4.10. The van der Waals surface area contributed by atoms with Crippen LogP contribution in [0.4, 0.5) is 0 Å². The van der Waals surface area contributed by atoms with Crippen LogP contribution in [-0.4, -0.2) is 18.9 Å². The minimum atomic E-state index is -1.09. The standard InChI is InChI=1S/C23H30OS2Si/c1-18(2)14-15-19-10-9-13-21(22(19)25-16-17-27(3,4)5)23(24)26-20-11-7-6-8-12-20/h6-14H,15-17H2,1-5H3. The minimum Gasteiger partial charge on any atom is -0.281 e. The van der Waals surface area contributed by atoms with Crippen LogP contribution in [0.15, 0.2) is 70.0 Å². The number of carbonyl (C=O) groups excluding carboxylic acids is 1. The van der Waals surface area contributed by atoms with Gasteiger partial charge in [-0.1, -0.05) is 61.6 Å². The first-order chi connectivity index (χ1) is 12.8. The highest BCUT2D eigenvalue weighted by molar-refractivity contribution is 8.14. The van der Waals surface area contributed by atoms with E-state index in [9.17, 15) is 4.79 Å². The molecule has 27 heavy (non-hydrogen) atoms. The van der Waals surface area contributed by atoms with Gasteiger partial charge >= 0.3 is 0 Å². The first-order valence-electron chi connectivity index (χ1n) is 9.41. The van der Waals surface area contributed by atoms with E-state index in [0.29, 0.717) is 0 Å². The van der Waals surface area contributed by atoms with Gasteiger partial charge in [-0.25, -0.2) is 0 Å². The number of rotatable bonds is 8. The molecule has 0 amide bonds. The first kappa shape index (κ1) is 22.1. The Hall–Kier alpha value is -1.23. The zero-order chi connectivity index (χ0) is 19.9. The molecule has 2 aromatic rings. The van der Waals surface area contributed by atoms with Crippen LogP contribution in [0.1, 0.15) is 29.8 Å². The van der Waals surface area contributed by atoms with Gasteiger partial charge in [-0.15, -0.1) is 11.8 Å². The van der Waals surface area contributed by atoms with Crippen LogP contribution in [0.3, 0.4) is 0 Å². The summed E-state index contributed by atoms with van der Waals surface area (Å²) in [6.07, 6.45) is 3.13. The Labute approximate surface area is 174 Å². The molecule has 0 spiro atoms. The molecule has 0 aromatic heterocycles. The summed E-state index contributed by atoms with van der Waals surface area (Å²) in [6.45, 7) is 11.5. The Morgan fingerprint density at radius 2 is 1.70 bits per heavy atom. The predicted octanol–water partition coefficient (Wildman–Crippen LogP) is 7.56.